The molecule has 0 radical (unpaired) electrons. The van der Waals surface area contributed by atoms with E-state index in [0.29, 0.717) is 29.9 Å². The number of esters is 1. The highest BCUT2D eigenvalue weighted by Crippen LogP contribution is 2.61. The molecular weight excluding hydrogens is 336 g/mol. The first-order valence-electron chi connectivity index (χ1n) is 11.0. The zero-order chi connectivity index (χ0) is 19.2. The highest BCUT2D eigenvalue weighted by Gasteiger charge is 2.56. The van der Waals surface area contributed by atoms with Crippen LogP contribution in [0.25, 0.3) is 0 Å². The number of phenols is 1. The minimum Gasteiger partial charge on any atom is -0.508 e. The van der Waals surface area contributed by atoms with Crippen LogP contribution in [0, 0.1) is 24.2 Å². The molecule has 4 rings (SSSR count). The molecule has 5 atom stereocenters. The lowest BCUT2D eigenvalue weighted by molar-refractivity contribution is -0.157. The predicted octanol–water partition coefficient (Wildman–Crippen LogP) is 5.66. The number of carbonyl (C=O) groups is 1. The lowest BCUT2D eigenvalue weighted by Crippen LogP contribution is -2.45. The summed E-state index contributed by atoms with van der Waals surface area (Å²) in [5.74, 6) is 2.40. The maximum atomic E-state index is 12.2. The van der Waals surface area contributed by atoms with Gasteiger partial charge in [0, 0.05) is 11.8 Å². The van der Waals surface area contributed by atoms with Crippen molar-refractivity contribution in [3.63, 3.8) is 0 Å². The van der Waals surface area contributed by atoms with Crippen LogP contribution in [-0.4, -0.2) is 17.2 Å². The SMILES string of the molecule is CCCCC(=O)O[C@@H]1CC[C@@H]2[C@H]3CCc4cc(O)c(C)cc4[C@@H]3CC[C@]21C. The van der Waals surface area contributed by atoms with Gasteiger partial charge in [0.25, 0.3) is 0 Å². The molecule has 0 amide bonds. The van der Waals surface area contributed by atoms with Crippen LogP contribution in [0.4, 0.5) is 0 Å². The summed E-state index contributed by atoms with van der Waals surface area (Å²) in [5, 5.41) is 10.1. The van der Waals surface area contributed by atoms with Crippen LogP contribution >= 0.6 is 0 Å². The van der Waals surface area contributed by atoms with E-state index in [1.54, 1.807) is 0 Å². The number of unbranched alkanes of at least 4 members (excludes halogenated alkanes) is 1. The fourth-order valence-electron chi connectivity index (χ4n) is 6.41. The molecule has 27 heavy (non-hydrogen) atoms. The summed E-state index contributed by atoms with van der Waals surface area (Å²) in [6, 6.07) is 4.24. The fraction of sp³-hybridized carbons (Fsp3) is 0.708. The lowest BCUT2D eigenvalue weighted by atomic mass is 9.55. The predicted molar refractivity (Wildman–Crippen MR) is 107 cm³/mol. The number of phenolic OH excluding ortho intramolecular Hbond substituents is 1. The maximum absolute atomic E-state index is 12.2. The van der Waals surface area contributed by atoms with Crippen LogP contribution in [0.3, 0.4) is 0 Å². The van der Waals surface area contributed by atoms with Gasteiger partial charge in [0.1, 0.15) is 11.9 Å². The zero-order valence-electron chi connectivity index (χ0n) is 17.1. The average Bonchev–Trinajstić information content (AvgIpc) is 2.97. The van der Waals surface area contributed by atoms with Gasteiger partial charge in [0.05, 0.1) is 0 Å². The summed E-state index contributed by atoms with van der Waals surface area (Å²) in [7, 11) is 0. The third kappa shape index (κ3) is 3.17. The van der Waals surface area contributed by atoms with E-state index in [1.165, 1.54) is 30.4 Å². The van der Waals surface area contributed by atoms with Gasteiger partial charge in [-0.05, 0) is 92.4 Å². The number of hydrogen-bond donors (Lipinski definition) is 1. The highest BCUT2D eigenvalue weighted by molar-refractivity contribution is 5.69. The van der Waals surface area contributed by atoms with Gasteiger partial charge in [-0.15, -0.1) is 0 Å². The smallest absolute Gasteiger partial charge is 0.306 e. The van der Waals surface area contributed by atoms with E-state index in [-0.39, 0.29) is 17.5 Å². The second kappa shape index (κ2) is 7.14. The molecule has 3 aliphatic carbocycles. The number of aryl methyl sites for hydroxylation is 2. The number of fused-ring (bicyclic) bond motifs is 5. The van der Waals surface area contributed by atoms with Crippen LogP contribution in [-0.2, 0) is 16.0 Å². The molecule has 0 heterocycles. The van der Waals surface area contributed by atoms with Crippen molar-refractivity contribution in [1.29, 1.82) is 0 Å². The topological polar surface area (TPSA) is 46.5 Å². The summed E-state index contributed by atoms with van der Waals surface area (Å²) >= 11 is 0. The van der Waals surface area contributed by atoms with Crippen molar-refractivity contribution in [3.8, 4) is 5.75 Å². The molecule has 0 aromatic heterocycles. The van der Waals surface area contributed by atoms with Gasteiger partial charge in [-0.1, -0.05) is 26.3 Å². The number of benzene rings is 1. The summed E-state index contributed by atoms with van der Waals surface area (Å²) in [6.07, 6.45) is 9.46. The third-order valence-electron chi connectivity index (χ3n) is 7.96. The zero-order valence-corrected chi connectivity index (χ0v) is 17.1. The summed E-state index contributed by atoms with van der Waals surface area (Å²) in [5.41, 5.74) is 3.97. The largest absolute Gasteiger partial charge is 0.508 e. The van der Waals surface area contributed by atoms with Crippen molar-refractivity contribution in [1.82, 2.24) is 0 Å². The Bertz CT molecular complexity index is 725. The molecule has 0 unspecified atom stereocenters. The first-order chi connectivity index (χ1) is 12.9. The van der Waals surface area contributed by atoms with Crippen LogP contribution in [0.15, 0.2) is 12.1 Å². The van der Waals surface area contributed by atoms with E-state index in [1.807, 2.05) is 13.0 Å². The Morgan fingerprint density at radius 2 is 2.07 bits per heavy atom. The minimum absolute atomic E-state index is 0.00550. The van der Waals surface area contributed by atoms with Crippen molar-refractivity contribution in [2.45, 2.75) is 90.6 Å². The van der Waals surface area contributed by atoms with E-state index < -0.39 is 0 Å². The fourth-order valence-corrected chi connectivity index (χ4v) is 6.41. The molecule has 0 bridgehead atoms. The molecule has 1 aromatic rings. The highest BCUT2D eigenvalue weighted by atomic mass is 16.5. The molecule has 3 aliphatic rings. The number of carbonyl (C=O) groups excluding carboxylic acids is 1. The molecule has 2 fully saturated rings. The Morgan fingerprint density at radius 1 is 1.26 bits per heavy atom. The molecule has 0 spiro atoms. The Kier molecular flexibility index (Phi) is 4.98. The van der Waals surface area contributed by atoms with Gasteiger partial charge < -0.3 is 9.84 Å². The van der Waals surface area contributed by atoms with Gasteiger partial charge in [0.15, 0.2) is 0 Å². The molecule has 2 saturated carbocycles. The van der Waals surface area contributed by atoms with Crippen molar-refractivity contribution in [3.05, 3.63) is 28.8 Å². The van der Waals surface area contributed by atoms with E-state index in [2.05, 4.69) is 19.9 Å². The van der Waals surface area contributed by atoms with Gasteiger partial charge >= 0.3 is 5.97 Å². The molecule has 0 aliphatic heterocycles. The first kappa shape index (κ1) is 18.8. The Labute approximate surface area is 163 Å². The standard InChI is InChI=1S/C24H34O3/c1-4-5-6-23(26)27-22-10-9-20-18-8-7-16-14-21(25)15(2)13-19(16)17(18)11-12-24(20,22)3/h13-14,17-18,20,22,25H,4-12H2,1-3H3/t17-,18+,20-,22-,24-/m1/s1. The van der Waals surface area contributed by atoms with E-state index in [0.717, 1.165) is 37.7 Å². The monoisotopic (exact) mass is 370 g/mol. The second-order valence-corrected chi connectivity index (χ2v) is 9.46. The van der Waals surface area contributed by atoms with E-state index >= 15 is 0 Å². The van der Waals surface area contributed by atoms with Crippen molar-refractivity contribution < 1.29 is 14.6 Å². The molecule has 148 valence electrons. The van der Waals surface area contributed by atoms with Gasteiger partial charge in [0.2, 0.25) is 0 Å². The first-order valence-corrected chi connectivity index (χ1v) is 11.0. The molecule has 1 aromatic carbocycles. The van der Waals surface area contributed by atoms with E-state index in [9.17, 15) is 9.90 Å². The van der Waals surface area contributed by atoms with Crippen molar-refractivity contribution in [2.24, 2.45) is 17.3 Å². The second-order valence-electron chi connectivity index (χ2n) is 9.46. The Balaban J connectivity index is 1.53. The quantitative estimate of drug-likeness (QED) is 0.696. The number of hydrogen-bond acceptors (Lipinski definition) is 3. The van der Waals surface area contributed by atoms with Gasteiger partial charge in [-0.3, -0.25) is 4.79 Å². The molecule has 3 nitrogen and oxygen atoms in total. The van der Waals surface area contributed by atoms with Crippen LogP contribution in [0.1, 0.15) is 87.8 Å². The number of ether oxygens (including phenoxy) is 1. The summed E-state index contributed by atoms with van der Waals surface area (Å²) < 4.78 is 6.00. The molecule has 3 heteroatoms. The third-order valence-corrected chi connectivity index (χ3v) is 7.96. The van der Waals surface area contributed by atoms with Crippen LogP contribution in [0.5, 0.6) is 5.75 Å². The average molecular weight is 371 g/mol. The maximum Gasteiger partial charge on any atom is 0.306 e. The lowest BCUT2D eigenvalue weighted by Gasteiger charge is -2.50. The molecule has 1 N–H and O–H groups in total. The van der Waals surface area contributed by atoms with Crippen LogP contribution in [0.2, 0.25) is 0 Å². The Hall–Kier alpha value is -1.51. The van der Waals surface area contributed by atoms with Crippen molar-refractivity contribution in [2.75, 3.05) is 0 Å². The van der Waals surface area contributed by atoms with E-state index in [4.69, 9.17) is 4.74 Å². The summed E-state index contributed by atoms with van der Waals surface area (Å²) in [4.78, 5) is 12.2. The minimum atomic E-state index is 0.00550. The number of aromatic hydroxyl groups is 1. The summed E-state index contributed by atoms with van der Waals surface area (Å²) in [6.45, 7) is 6.51. The molecule has 0 saturated heterocycles. The van der Waals surface area contributed by atoms with Gasteiger partial charge in [-0.2, -0.15) is 0 Å². The molecular formula is C24H34O3. The van der Waals surface area contributed by atoms with Gasteiger partial charge in [-0.25, -0.2) is 0 Å². The number of rotatable bonds is 4. The van der Waals surface area contributed by atoms with Crippen molar-refractivity contribution >= 4 is 5.97 Å². The normalized spacial score (nSPS) is 34.5. The Morgan fingerprint density at radius 3 is 2.85 bits per heavy atom. The van der Waals surface area contributed by atoms with Crippen LogP contribution < -0.4 is 0 Å².